The molecule has 0 saturated carbocycles. The molecule has 1 aromatic heterocycles. The summed E-state index contributed by atoms with van der Waals surface area (Å²) < 4.78 is 1.61. The molecular formula is C13H13N8. The van der Waals surface area contributed by atoms with E-state index in [9.17, 15) is 0 Å². The van der Waals surface area contributed by atoms with Crippen molar-refractivity contribution in [2.45, 2.75) is 12.6 Å². The first-order valence-electron chi connectivity index (χ1n) is 6.31. The summed E-state index contributed by atoms with van der Waals surface area (Å²) in [7, 11) is 1.79. The molecule has 0 fully saturated rings. The molecule has 1 aromatic carbocycles. The van der Waals surface area contributed by atoms with E-state index in [0.717, 1.165) is 16.7 Å². The maximum atomic E-state index is 4.16. The van der Waals surface area contributed by atoms with E-state index in [1.807, 2.05) is 31.2 Å². The van der Waals surface area contributed by atoms with Gasteiger partial charge in [-0.3, -0.25) is 0 Å². The van der Waals surface area contributed by atoms with Gasteiger partial charge in [0.25, 0.3) is 0 Å². The summed E-state index contributed by atoms with van der Waals surface area (Å²) >= 11 is 0. The van der Waals surface area contributed by atoms with Crippen LogP contribution in [0.15, 0.2) is 56.6 Å². The Bertz CT molecular complexity index is 726. The fourth-order valence-corrected chi connectivity index (χ4v) is 2.16. The van der Waals surface area contributed by atoms with Crippen LogP contribution in [-0.2, 0) is 12.7 Å². The van der Waals surface area contributed by atoms with Crippen LogP contribution < -0.4 is 0 Å². The van der Waals surface area contributed by atoms with Crippen molar-refractivity contribution in [3.05, 3.63) is 48.4 Å². The van der Waals surface area contributed by atoms with Crippen molar-refractivity contribution < 1.29 is 0 Å². The van der Waals surface area contributed by atoms with Crippen molar-refractivity contribution in [2.75, 3.05) is 0 Å². The van der Waals surface area contributed by atoms with Gasteiger partial charge < -0.3 is 0 Å². The van der Waals surface area contributed by atoms with E-state index in [-0.39, 0.29) is 0 Å². The van der Waals surface area contributed by atoms with Gasteiger partial charge >= 0.3 is 0 Å². The smallest absolute Gasteiger partial charge is 0.229 e. The highest BCUT2D eigenvalue weighted by Gasteiger charge is 2.37. The topological polar surface area (TPSA) is 93.0 Å². The molecule has 0 N–H and O–H groups in total. The number of hydrogen-bond donors (Lipinski definition) is 0. The summed E-state index contributed by atoms with van der Waals surface area (Å²) in [6.07, 6.45) is 1.71. The average molecular weight is 281 g/mol. The Hall–Kier alpha value is -2.77. The number of aromatic nitrogens is 4. The van der Waals surface area contributed by atoms with Gasteiger partial charge in [-0.1, -0.05) is 30.3 Å². The molecule has 8 heteroatoms. The number of allylic oxidation sites excluding steroid dienone is 1. The van der Waals surface area contributed by atoms with E-state index >= 15 is 0 Å². The number of benzene rings is 1. The average Bonchev–Trinajstić information content (AvgIpc) is 3.16. The van der Waals surface area contributed by atoms with Crippen LogP contribution in [0.5, 0.6) is 0 Å². The highest BCUT2D eigenvalue weighted by molar-refractivity contribution is 5.56. The van der Waals surface area contributed by atoms with Crippen molar-refractivity contribution in [1.29, 1.82) is 0 Å². The number of tetrazole rings is 1. The van der Waals surface area contributed by atoms with Gasteiger partial charge in [0.15, 0.2) is 5.82 Å². The molecule has 0 amide bonds. The van der Waals surface area contributed by atoms with E-state index in [4.69, 9.17) is 0 Å². The lowest BCUT2D eigenvalue weighted by Gasteiger charge is -2.21. The van der Waals surface area contributed by atoms with Gasteiger partial charge in [0.1, 0.15) is 0 Å². The Morgan fingerprint density at radius 3 is 2.38 bits per heavy atom. The Labute approximate surface area is 121 Å². The monoisotopic (exact) mass is 281 g/mol. The van der Waals surface area contributed by atoms with Crippen LogP contribution in [0.3, 0.4) is 0 Å². The first-order valence-corrected chi connectivity index (χ1v) is 6.31. The highest BCUT2D eigenvalue weighted by atomic mass is 15.6. The van der Waals surface area contributed by atoms with E-state index < -0.39 is 5.66 Å². The molecule has 3 rings (SSSR count). The summed E-state index contributed by atoms with van der Waals surface area (Å²) in [6.45, 7) is 5.67. The minimum atomic E-state index is -0.904. The molecular weight excluding hydrogens is 268 g/mol. The van der Waals surface area contributed by atoms with Crippen molar-refractivity contribution >= 4 is 0 Å². The van der Waals surface area contributed by atoms with Crippen molar-refractivity contribution in [1.82, 2.24) is 20.2 Å². The first-order chi connectivity index (χ1) is 10.2. The van der Waals surface area contributed by atoms with Gasteiger partial charge in [-0.15, -0.1) is 15.3 Å². The molecule has 1 radical (unpaired) electrons. The molecule has 21 heavy (non-hydrogen) atoms. The number of aryl methyl sites for hydroxylation is 1. The van der Waals surface area contributed by atoms with Crippen LogP contribution >= 0.6 is 0 Å². The molecule has 0 atom stereocenters. The number of nitrogens with zero attached hydrogens (tertiary/aromatic N) is 8. The third-order valence-corrected chi connectivity index (χ3v) is 3.44. The van der Waals surface area contributed by atoms with Crippen molar-refractivity contribution in [3.63, 3.8) is 0 Å². The Balaban J connectivity index is 2.03. The van der Waals surface area contributed by atoms with E-state index in [1.165, 1.54) is 0 Å². The first kappa shape index (κ1) is 13.2. The molecule has 0 aliphatic carbocycles. The number of rotatable bonds is 3. The van der Waals surface area contributed by atoms with Gasteiger partial charge in [-0.05, 0) is 40.3 Å². The fraction of sp³-hybridized carbons (Fsp3) is 0.231. The third-order valence-electron chi connectivity index (χ3n) is 3.44. The predicted octanol–water partition coefficient (Wildman–Crippen LogP) is 2.64. The molecule has 0 bridgehead atoms. The van der Waals surface area contributed by atoms with Gasteiger partial charge in [-0.2, -0.15) is 0 Å². The third kappa shape index (κ3) is 2.04. The second kappa shape index (κ2) is 4.97. The Morgan fingerprint density at radius 1 is 1.19 bits per heavy atom. The molecule has 0 unspecified atom stereocenters. The van der Waals surface area contributed by atoms with Crippen molar-refractivity contribution in [2.24, 2.45) is 27.7 Å². The summed E-state index contributed by atoms with van der Waals surface area (Å²) in [6, 6.07) is 7.67. The molecule has 1 aliphatic rings. The number of hydrogen-bond acceptors (Lipinski definition) is 7. The molecule has 0 spiro atoms. The Kier molecular flexibility index (Phi) is 3.13. The van der Waals surface area contributed by atoms with Crippen LogP contribution in [-0.4, -0.2) is 20.2 Å². The minimum absolute atomic E-state index is 0.690. The second-order valence-electron chi connectivity index (χ2n) is 4.64. The minimum Gasteiger partial charge on any atom is -0.229 e. The summed E-state index contributed by atoms with van der Waals surface area (Å²) in [5, 5.41) is 27.0. The van der Waals surface area contributed by atoms with E-state index in [1.54, 1.807) is 17.8 Å². The predicted molar refractivity (Wildman–Crippen MR) is 74.7 cm³/mol. The zero-order chi connectivity index (χ0) is 14.9. The normalized spacial score (nSPS) is 16.6. The van der Waals surface area contributed by atoms with Crippen molar-refractivity contribution in [3.8, 4) is 11.4 Å². The zero-order valence-corrected chi connectivity index (χ0v) is 11.7. The maximum Gasteiger partial charge on any atom is 0.241 e. The molecule has 8 nitrogen and oxygen atoms in total. The SMILES string of the molecule is [CH2]C=C(C)C1(c2ccc(-c3nnnn3C)cc2)N=NN=N1. The van der Waals surface area contributed by atoms with Crippen LogP contribution in [0.1, 0.15) is 12.5 Å². The molecule has 2 aromatic rings. The summed E-state index contributed by atoms with van der Waals surface area (Å²) in [5.74, 6) is 0.690. The van der Waals surface area contributed by atoms with Crippen LogP contribution in [0.25, 0.3) is 11.4 Å². The van der Waals surface area contributed by atoms with Gasteiger partial charge in [0, 0.05) is 18.2 Å². The zero-order valence-electron chi connectivity index (χ0n) is 11.7. The lowest BCUT2D eigenvalue weighted by molar-refractivity contribution is 0.550. The lowest BCUT2D eigenvalue weighted by Crippen LogP contribution is -2.20. The summed E-state index contributed by atoms with van der Waals surface area (Å²) in [5.41, 5.74) is 1.73. The van der Waals surface area contributed by atoms with E-state index in [0.29, 0.717) is 5.82 Å². The molecule has 0 saturated heterocycles. The van der Waals surface area contributed by atoms with Crippen LogP contribution in [0, 0.1) is 6.92 Å². The summed E-state index contributed by atoms with van der Waals surface area (Å²) in [4.78, 5) is 0. The maximum absolute atomic E-state index is 4.16. The van der Waals surface area contributed by atoms with Gasteiger partial charge in [0.05, 0.1) is 0 Å². The lowest BCUT2D eigenvalue weighted by atomic mass is 9.92. The Morgan fingerprint density at radius 2 is 1.86 bits per heavy atom. The largest absolute Gasteiger partial charge is 0.241 e. The molecule has 1 aliphatic heterocycles. The molecule has 2 heterocycles. The second-order valence-corrected chi connectivity index (χ2v) is 4.64. The quantitative estimate of drug-likeness (QED) is 0.865. The standard InChI is InChI=1S/C13H13N8/c1-4-9(2)13(15-18-19-16-13)11-7-5-10(6-8-11)12-14-17-20-21(12)3/h4-8H,1H2,2-3H3. The fourth-order valence-electron chi connectivity index (χ4n) is 2.16. The van der Waals surface area contributed by atoms with Crippen LogP contribution in [0.2, 0.25) is 0 Å². The van der Waals surface area contributed by atoms with Gasteiger partial charge in [0.2, 0.25) is 5.66 Å². The van der Waals surface area contributed by atoms with E-state index in [2.05, 4.69) is 43.1 Å². The van der Waals surface area contributed by atoms with Crippen LogP contribution in [0.4, 0.5) is 0 Å². The highest BCUT2D eigenvalue weighted by Crippen LogP contribution is 2.39. The molecule has 105 valence electrons. The van der Waals surface area contributed by atoms with Gasteiger partial charge in [-0.25, -0.2) is 4.68 Å².